The highest BCUT2D eigenvalue weighted by atomic mass is 35.5. The summed E-state index contributed by atoms with van der Waals surface area (Å²) >= 11 is 11.6. The van der Waals surface area contributed by atoms with E-state index in [4.69, 9.17) is 27.9 Å². The summed E-state index contributed by atoms with van der Waals surface area (Å²) in [6, 6.07) is 4.10. The van der Waals surface area contributed by atoms with Gasteiger partial charge in [0.15, 0.2) is 0 Å². The van der Waals surface area contributed by atoms with E-state index in [0.29, 0.717) is 13.2 Å². The molecule has 1 amide bonds. The number of carbonyl (C=O) groups excluding carboxylic acids is 1. The number of carbonyl (C=O) groups is 1. The second-order valence-corrected chi connectivity index (χ2v) is 8.16. The Morgan fingerprint density at radius 1 is 1.38 bits per heavy atom. The normalized spacial score (nSPS) is 17.9. The van der Waals surface area contributed by atoms with E-state index >= 15 is 0 Å². The van der Waals surface area contributed by atoms with E-state index < -0.39 is 10.0 Å². The van der Waals surface area contributed by atoms with E-state index in [1.807, 2.05) is 0 Å². The average molecular weight is 395 g/mol. The van der Waals surface area contributed by atoms with Crippen molar-refractivity contribution >= 4 is 39.1 Å². The summed E-state index contributed by atoms with van der Waals surface area (Å²) in [4.78, 5) is 13.3. The van der Waals surface area contributed by atoms with Crippen LogP contribution in [0, 0.1) is 0 Å². The number of sulfonamides is 1. The van der Waals surface area contributed by atoms with Gasteiger partial charge in [-0.25, -0.2) is 13.1 Å². The molecular weight excluding hydrogens is 375 g/mol. The lowest BCUT2D eigenvalue weighted by molar-refractivity contribution is -0.130. The molecule has 2 rings (SSSR count). The molecule has 9 heteroatoms. The Morgan fingerprint density at radius 3 is 2.71 bits per heavy atom. The molecule has 1 saturated heterocycles. The molecule has 134 valence electrons. The summed E-state index contributed by atoms with van der Waals surface area (Å²) in [5, 5.41) is 0.457. The summed E-state index contributed by atoms with van der Waals surface area (Å²) in [5.41, 5.74) is 0. The maximum Gasteiger partial charge on any atom is 0.240 e. The van der Waals surface area contributed by atoms with Crippen LogP contribution in [0.25, 0.3) is 0 Å². The molecule has 0 bridgehead atoms. The van der Waals surface area contributed by atoms with Crippen molar-refractivity contribution in [1.82, 2.24) is 9.62 Å². The fourth-order valence-electron chi connectivity index (χ4n) is 2.45. The van der Waals surface area contributed by atoms with Gasteiger partial charge in [0.25, 0.3) is 0 Å². The molecule has 1 atom stereocenters. The van der Waals surface area contributed by atoms with Crippen molar-refractivity contribution in [3.63, 3.8) is 0 Å². The van der Waals surface area contributed by atoms with Crippen LogP contribution in [0.3, 0.4) is 0 Å². The molecule has 24 heavy (non-hydrogen) atoms. The quantitative estimate of drug-likeness (QED) is 0.769. The highest BCUT2D eigenvalue weighted by Crippen LogP contribution is 2.24. The first-order valence-electron chi connectivity index (χ1n) is 7.61. The van der Waals surface area contributed by atoms with Gasteiger partial charge in [0.2, 0.25) is 15.9 Å². The van der Waals surface area contributed by atoms with Crippen LogP contribution in [0.1, 0.15) is 19.8 Å². The van der Waals surface area contributed by atoms with Crippen LogP contribution < -0.4 is 4.72 Å². The van der Waals surface area contributed by atoms with Gasteiger partial charge in [-0.3, -0.25) is 4.79 Å². The van der Waals surface area contributed by atoms with E-state index in [0.717, 1.165) is 12.8 Å². The van der Waals surface area contributed by atoms with Gasteiger partial charge in [-0.05, 0) is 31.0 Å². The number of halogens is 2. The Hall–Kier alpha value is -0.860. The number of ether oxygens (including phenoxy) is 1. The molecule has 1 aliphatic rings. The van der Waals surface area contributed by atoms with E-state index in [9.17, 15) is 13.2 Å². The van der Waals surface area contributed by atoms with Crippen LogP contribution in [-0.4, -0.2) is 51.6 Å². The minimum absolute atomic E-state index is 0.0283. The van der Waals surface area contributed by atoms with Gasteiger partial charge in [0.1, 0.15) is 0 Å². The fourth-order valence-corrected chi connectivity index (χ4v) is 3.86. The first kappa shape index (κ1) is 19.5. The number of nitrogens with one attached hydrogen (secondary N) is 1. The van der Waals surface area contributed by atoms with Crippen LogP contribution in [0.4, 0.5) is 0 Å². The van der Waals surface area contributed by atoms with Crippen LogP contribution in [0.2, 0.25) is 10.0 Å². The van der Waals surface area contributed by atoms with Crippen molar-refractivity contribution in [2.45, 2.75) is 30.8 Å². The minimum Gasteiger partial charge on any atom is -0.376 e. The number of benzene rings is 1. The molecule has 1 aromatic rings. The van der Waals surface area contributed by atoms with Gasteiger partial charge in [-0.15, -0.1) is 0 Å². The first-order valence-corrected chi connectivity index (χ1v) is 9.85. The Balaban J connectivity index is 1.92. The van der Waals surface area contributed by atoms with Gasteiger partial charge in [0.05, 0.1) is 21.0 Å². The molecule has 1 aromatic carbocycles. The van der Waals surface area contributed by atoms with Crippen molar-refractivity contribution in [2.75, 3.05) is 26.2 Å². The van der Waals surface area contributed by atoms with E-state index in [2.05, 4.69) is 4.72 Å². The Bertz CT molecular complexity index is 691. The Morgan fingerprint density at radius 2 is 2.12 bits per heavy atom. The lowest BCUT2D eigenvalue weighted by atomic mass is 10.2. The average Bonchev–Trinajstić information content (AvgIpc) is 3.01. The zero-order valence-electron chi connectivity index (χ0n) is 13.3. The van der Waals surface area contributed by atoms with Crippen LogP contribution in [0.5, 0.6) is 0 Å². The highest BCUT2D eigenvalue weighted by Gasteiger charge is 2.21. The largest absolute Gasteiger partial charge is 0.376 e. The standard InChI is InChI=1S/C15H20Cl2N2O4S/c1-11(20)19(10-12-3-2-8-23-12)7-6-18-24(21,22)13-4-5-14(16)15(17)9-13/h4-5,9,12,18H,2-3,6-8,10H2,1H3. The van der Waals surface area contributed by atoms with Crippen molar-refractivity contribution in [3.05, 3.63) is 28.2 Å². The number of amides is 1. The molecule has 1 fully saturated rings. The van der Waals surface area contributed by atoms with Gasteiger partial charge in [-0.1, -0.05) is 23.2 Å². The minimum atomic E-state index is -3.71. The van der Waals surface area contributed by atoms with Gasteiger partial charge < -0.3 is 9.64 Å². The molecule has 0 aromatic heterocycles. The van der Waals surface area contributed by atoms with Gasteiger partial charge in [0, 0.05) is 33.2 Å². The predicted molar refractivity (Wildman–Crippen MR) is 92.9 cm³/mol. The third-order valence-corrected chi connectivity index (χ3v) is 5.97. The van der Waals surface area contributed by atoms with Gasteiger partial charge in [-0.2, -0.15) is 0 Å². The summed E-state index contributed by atoms with van der Waals surface area (Å²) in [6.07, 6.45) is 1.93. The smallest absolute Gasteiger partial charge is 0.240 e. The molecule has 0 radical (unpaired) electrons. The zero-order chi connectivity index (χ0) is 17.7. The van der Waals surface area contributed by atoms with E-state index in [-0.39, 0.29) is 40.0 Å². The summed E-state index contributed by atoms with van der Waals surface area (Å²) < 4.78 is 32.5. The second kappa shape index (κ2) is 8.49. The molecule has 0 aliphatic carbocycles. The van der Waals surface area contributed by atoms with Crippen molar-refractivity contribution in [2.24, 2.45) is 0 Å². The molecule has 0 saturated carbocycles. The maximum atomic E-state index is 12.3. The molecule has 1 aliphatic heterocycles. The lowest BCUT2D eigenvalue weighted by Gasteiger charge is -2.24. The second-order valence-electron chi connectivity index (χ2n) is 5.57. The Labute approximate surface area is 152 Å². The molecule has 6 nitrogen and oxygen atoms in total. The van der Waals surface area contributed by atoms with Crippen LogP contribution in [-0.2, 0) is 19.6 Å². The SMILES string of the molecule is CC(=O)N(CCNS(=O)(=O)c1ccc(Cl)c(Cl)c1)CC1CCCO1. The monoisotopic (exact) mass is 394 g/mol. The molecule has 1 N–H and O–H groups in total. The number of rotatable bonds is 7. The van der Waals surface area contributed by atoms with Crippen molar-refractivity contribution in [1.29, 1.82) is 0 Å². The summed E-state index contributed by atoms with van der Waals surface area (Å²) in [6.45, 7) is 3.03. The number of nitrogens with zero attached hydrogens (tertiary/aromatic N) is 1. The fraction of sp³-hybridized carbons (Fsp3) is 0.533. The number of hydrogen-bond donors (Lipinski definition) is 1. The van der Waals surface area contributed by atoms with E-state index in [1.54, 1.807) is 4.90 Å². The van der Waals surface area contributed by atoms with Crippen molar-refractivity contribution in [3.8, 4) is 0 Å². The van der Waals surface area contributed by atoms with Crippen LogP contribution >= 0.6 is 23.2 Å². The van der Waals surface area contributed by atoms with E-state index in [1.165, 1.54) is 25.1 Å². The zero-order valence-corrected chi connectivity index (χ0v) is 15.6. The Kier molecular flexibility index (Phi) is 6.88. The highest BCUT2D eigenvalue weighted by molar-refractivity contribution is 7.89. The first-order chi connectivity index (χ1) is 11.3. The topological polar surface area (TPSA) is 75.7 Å². The van der Waals surface area contributed by atoms with Crippen molar-refractivity contribution < 1.29 is 17.9 Å². The third-order valence-electron chi connectivity index (χ3n) is 3.77. The summed E-state index contributed by atoms with van der Waals surface area (Å²) in [5.74, 6) is -0.112. The molecule has 1 unspecified atom stereocenters. The number of hydrogen-bond acceptors (Lipinski definition) is 4. The molecular formula is C15H20Cl2N2O4S. The van der Waals surface area contributed by atoms with Gasteiger partial charge >= 0.3 is 0 Å². The lowest BCUT2D eigenvalue weighted by Crippen LogP contribution is -2.41. The molecule has 1 heterocycles. The van der Waals surface area contributed by atoms with Crippen LogP contribution in [0.15, 0.2) is 23.1 Å². The third kappa shape index (κ3) is 5.32. The maximum absolute atomic E-state index is 12.3. The predicted octanol–water partition coefficient (Wildman–Crippen LogP) is 2.30. The molecule has 0 spiro atoms. The summed E-state index contributed by atoms with van der Waals surface area (Å²) in [7, 11) is -3.71.